The molecular formula is C26H17ClN2O2S2. The summed E-state index contributed by atoms with van der Waals surface area (Å²) < 4.78 is 4.60. The van der Waals surface area contributed by atoms with Gasteiger partial charge in [-0.25, -0.2) is 0 Å². The van der Waals surface area contributed by atoms with Gasteiger partial charge < -0.3 is 9.47 Å². The first-order valence-corrected chi connectivity index (χ1v) is 12.3. The molecule has 0 aliphatic rings. The fourth-order valence-corrected chi connectivity index (χ4v) is 7.04. The van der Waals surface area contributed by atoms with Crippen LogP contribution < -0.4 is 10.5 Å². The van der Waals surface area contributed by atoms with Crippen molar-refractivity contribution in [3.05, 3.63) is 87.1 Å². The fourth-order valence-electron chi connectivity index (χ4n) is 4.27. The Morgan fingerprint density at radius 2 is 1.67 bits per heavy atom. The molecule has 6 aromatic rings. The molecule has 0 spiro atoms. The lowest BCUT2D eigenvalue weighted by atomic mass is 10.1. The average Bonchev–Trinajstić information content (AvgIpc) is 3.36. The third kappa shape index (κ3) is 3.02. The molecule has 0 aliphatic carbocycles. The Morgan fingerprint density at radius 3 is 2.45 bits per heavy atom. The minimum absolute atomic E-state index is 0.00123. The van der Waals surface area contributed by atoms with Crippen molar-refractivity contribution in [2.75, 3.05) is 11.9 Å². The van der Waals surface area contributed by atoms with Crippen LogP contribution in [0.1, 0.15) is 9.67 Å². The number of aryl methyl sites for hydroxylation is 1. The number of fused-ring (bicyclic) bond motifs is 6. The summed E-state index contributed by atoms with van der Waals surface area (Å²) in [4.78, 5) is 28.2. The molecule has 162 valence electrons. The van der Waals surface area contributed by atoms with Crippen molar-refractivity contribution in [3.63, 3.8) is 0 Å². The van der Waals surface area contributed by atoms with E-state index in [1.165, 1.54) is 11.3 Å². The largest absolute Gasteiger partial charge is 0.318 e. The van der Waals surface area contributed by atoms with E-state index in [0.717, 1.165) is 46.7 Å². The number of thiophene rings is 2. The maximum atomic E-state index is 13.2. The average molecular weight is 489 g/mol. The summed E-state index contributed by atoms with van der Waals surface area (Å²) >= 11 is 9.74. The molecule has 0 atom stereocenters. The minimum atomic E-state index is -0.130. The molecule has 0 radical (unpaired) electrons. The second-order valence-corrected chi connectivity index (χ2v) is 10.5. The predicted octanol–water partition coefficient (Wildman–Crippen LogP) is 7.05. The number of aromatic nitrogens is 1. The highest BCUT2D eigenvalue weighted by Gasteiger charge is 2.22. The van der Waals surface area contributed by atoms with Crippen molar-refractivity contribution in [2.24, 2.45) is 7.05 Å². The lowest BCUT2D eigenvalue weighted by Gasteiger charge is -2.16. The summed E-state index contributed by atoms with van der Waals surface area (Å²) in [5.41, 5.74) is 0.817. The molecule has 3 aromatic heterocycles. The lowest BCUT2D eigenvalue weighted by molar-refractivity contribution is 0.0997. The molecule has 1 amide bonds. The molecule has 6 rings (SSSR count). The Morgan fingerprint density at radius 1 is 0.939 bits per heavy atom. The molecule has 0 fully saturated rings. The van der Waals surface area contributed by atoms with Gasteiger partial charge in [0.1, 0.15) is 4.88 Å². The molecule has 33 heavy (non-hydrogen) atoms. The summed E-state index contributed by atoms with van der Waals surface area (Å²) in [6.07, 6.45) is 1.80. The van der Waals surface area contributed by atoms with Crippen molar-refractivity contribution in [1.82, 2.24) is 4.57 Å². The zero-order valence-corrected chi connectivity index (χ0v) is 20.1. The highest BCUT2D eigenvalue weighted by Crippen LogP contribution is 2.44. The van der Waals surface area contributed by atoms with Gasteiger partial charge in [-0.05, 0) is 35.7 Å². The SMILES string of the molecule is CN(C(=O)c1sc2cc3c(cc2c1Cl)sc1c3ccc2ccn(C)c(=O)c21)c1ccccc1. The fraction of sp³-hybridized carbons (Fsp3) is 0.0769. The van der Waals surface area contributed by atoms with Crippen LogP contribution >= 0.6 is 34.3 Å². The maximum Gasteiger partial charge on any atom is 0.269 e. The minimum Gasteiger partial charge on any atom is -0.318 e. The molecule has 4 nitrogen and oxygen atoms in total. The van der Waals surface area contributed by atoms with E-state index in [-0.39, 0.29) is 11.5 Å². The number of hydrogen-bond donors (Lipinski definition) is 0. The number of carbonyl (C=O) groups is 1. The number of para-hydroxylation sites is 1. The Kier molecular flexibility index (Phi) is 4.59. The Hall–Kier alpha value is -3.19. The van der Waals surface area contributed by atoms with E-state index in [9.17, 15) is 9.59 Å². The van der Waals surface area contributed by atoms with Crippen LogP contribution in [0.3, 0.4) is 0 Å². The number of halogens is 1. The molecule has 0 saturated carbocycles. The molecule has 7 heteroatoms. The second-order valence-electron chi connectivity index (χ2n) is 8.03. The zero-order chi connectivity index (χ0) is 22.9. The van der Waals surface area contributed by atoms with Gasteiger partial charge >= 0.3 is 0 Å². The van der Waals surface area contributed by atoms with Gasteiger partial charge in [-0.1, -0.05) is 41.9 Å². The number of hydrogen-bond acceptors (Lipinski definition) is 4. The van der Waals surface area contributed by atoms with Crippen molar-refractivity contribution >= 4 is 86.9 Å². The molecule has 0 bridgehead atoms. The van der Waals surface area contributed by atoms with Crippen LogP contribution in [0.4, 0.5) is 5.69 Å². The number of benzene rings is 3. The molecule has 3 aromatic carbocycles. The Bertz CT molecular complexity index is 1800. The van der Waals surface area contributed by atoms with Gasteiger partial charge in [-0.3, -0.25) is 9.59 Å². The summed E-state index contributed by atoms with van der Waals surface area (Å²) in [6, 6.07) is 19.7. The monoisotopic (exact) mass is 488 g/mol. The number of rotatable bonds is 2. The van der Waals surface area contributed by atoms with Crippen molar-refractivity contribution in [3.8, 4) is 0 Å². The van der Waals surface area contributed by atoms with Gasteiger partial charge in [0.05, 0.1) is 10.4 Å². The summed E-state index contributed by atoms with van der Waals surface area (Å²) in [6.45, 7) is 0. The van der Waals surface area contributed by atoms with E-state index in [0.29, 0.717) is 9.90 Å². The Labute approximate surface area is 201 Å². The van der Waals surface area contributed by atoms with Crippen LogP contribution in [0.25, 0.3) is 41.0 Å². The first kappa shape index (κ1) is 20.4. The second kappa shape index (κ2) is 7.42. The van der Waals surface area contributed by atoms with Crippen LogP contribution in [0.2, 0.25) is 5.02 Å². The number of nitrogens with zero attached hydrogens (tertiary/aromatic N) is 2. The first-order chi connectivity index (χ1) is 15.9. The smallest absolute Gasteiger partial charge is 0.269 e. The molecule has 3 heterocycles. The molecule has 0 saturated heterocycles. The van der Waals surface area contributed by atoms with E-state index in [1.54, 1.807) is 41.1 Å². The van der Waals surface area contributed by atoms with E-state index >= 15 is 0 Å². The molecule has 0 N–H and O–H groups in total. The van der Waals surface area contributed by atoms with Crippen LogP contribution in [-0.2, 0) is 7.05 Å². The highest BCUT2D eigenvalue weighted by atomic mass is 35.5. The molecule has 0 aliphatic heterocycles. The van der Waals surface area contributed by atoms with Gasteiger partial charge in [0.2, 0.25) is 0 Å². The molecule has 0 unspecified atom stereocenters. The summed E-state index contributed by atoms with van der Waals surface area (Å²) in [5.74, 6) is -0.130. The quantitative estimate of drug-likeness (QED) is 0.262. The van der Waals surface area contributed by atoms with E-state index in [4.69, 9.17) is 11.6 Å². The summed E-state index contributed by atoms with van der Waals surface area (Å²) in [7, 11) is 3.53. The van der Waals surface area contributed by atoms with E-state index in [2.05, 4.69) is 12.1 Å². The van der Waals surface area contributed by atoms with Gasteiger partial charge in [-0.15, -0.1) is 22.7 Å². The predicted molar refractivity (Wildman–Crippen MR) is 142 cm³/mol. The van der Waals surface area contributed by atoms with Gasteiger partial charge in [0, 0.05) is 56.2 Å². The van der Waals surface area contributed by atoms with Crippen LogP contribution in [0, 0.1) is 0 Å². The normalized spacial score (nSPS) is 11.7. The third-order valence-corrected chi connectivity index (χ3v) is 8.91. The zero-order valence-electron chi connectivity index (χ0n) is 17.8. The van der Waals surface area contributed by atoms with Crippen molar-refractivity contribution in [2.45, 2.75) is 0 Å². The molecular weight excluding hydrogens is 472 g/mol. The van der Waals surface area contributed by atoms with Crippen LogP contribution in [-0.4, -0.2) is 17.5 Å². The Balaban J connectivity index is 1.56. The van der Waals surface area contributed by atoms with Crippen LogP contribution in [0.15, 0.2) is 71.7 Å². The maximum absolute atomic E-state index is 13.2. The van der Waals surface area contributed by atoms with Gasteiger partial charge in [0.25, 0.3) is 11.5 Å². The van der Waals surface area contributed by atoms with Crippen molar-refractivity contribution < 1.29 is 4.79 Å². The van der Waals surface area contributed by atoms with Gasteiger partial charge in [-0.2, -0.15) is 0 Å². The third-order valence-electron chi connectivity index (χ3n) is 6.08. The number of carbonyl (C=O) groups excluding carboxylic acids is 1. The van der Waals surface area contributed by atoms with Gasteiger partial charge in [0.15, 0.2) is 0 Å². The first-order valence-electron chi connectivity index (χ1n) is 10.3. The topological polar surface area (TPSA) is 42.3 Å². The standard InChI is InChI=1S/C26H17ClN2O2S2/c1-28-11-10-14-8-9-16-17-12-20-18(13-19(17)32-23(16)21(14)25(28)30)22(27)24(33-20)26(31)29(2)15-6-4-3-5-7-15/h3-13H,1-2H3. The van der Waals surface area contributed by atoms with E-state index < -0.39 is 0 Å². The van der Waals surface area contributed by atoms with Crippen molar-refractivity contribution in [1.29, 1.82) is 0 Å². The number of anilines is 1. The van der Waals surface area contributed by atoms with Crippen LogP contribution in [0.5, 0.6) is 0 Å². The number of pyridine rings is 1. The van der Waals surface area contributed by atoms with E-state index in [1.807, 2.05) is 48.5 Å². The lowest BCUT2D eigenvalue weighted by Crippen LogP contribution is -2.25. The summed E-state index contributed by atoms with van der Waals surface area (Å²) in [5, 5.41) is 5.14. The highest BCUT2D eigenvalue weighted by molar-refractivity contribution is 7.27. The number of amides is 1.